The second kappa shape index (κ2) is 7.75. The van der Waals surface area contributed by atoms with Crippen LogP contribution in [0.2, 0.25) is 0 Å². The minimum atomic E-state index is -1.04. The number of hydrogen-bond donors (Lipinski definition) is 2. The van der Waals surface area contributed by atoms with Crippen molar-refractivity contribution in [2.24, 2.45) is 0 Å². The van der Waals surface area contributed by atoms with E-state index in [1.807, 2.05) is 0 Å². The van der Waals surface area contributed by atoms with E-state index in [0.29, 0.717) is 12.0 Å². The van der Waals surface area contributed by atoms with E-state index in [2.05, 4.69) is 12.2 Å². The Morgan fingerprint density at radius 1 is 1.21 bits per heavy atom. The molecule has 24 heavy (non-hydrogen) atoms. The van der Waals surface area contributed by atoms with E-state index in [1.54, 1.807) is 6.92 Å². The van der Waals surface area contributed by atoms with Crippen LogP contribution < -0.4 is 5.32 Å². The zero-order valence-corrected chi connectivity index (χ0v) is 14.2. The number of unbranched alkanes of at least 4 members (excludes halogenated alkanes) is 3. The van der Waals surface area contributed by atoms with E-state index in [9.17, 15) is 19.1 Å². The molecule has 0 aliphatic carbocycles. The zero-order valence-electron chi connectivity index (χ0n) is 14.2. The van der Waals surface area contributed by atoms with Crippen LogP contribution >= 0.6 is 0 Å². The third kappa shape index (κ3) is 4.12. The second-order valence-corrected chi connectivity index (χ2v) is 6.56. The maximum Gasteiger partial charge on any atom is 0.325 e. The maximum atomic E-state index is 12.9. The molecule has 0 aromatic heterocycles. The summed E-state index contributed by atoms with van der Waals surface area (Å²) < 4.78 is 12.9. The van der Waals surface area contributed by atoms with Gasteiger partial charge in [-0.1, -0.05) is 44.7 Å². The lowest BCUT2D eigenvalue weighted by Gasteiger charge is -2.22. The normalized spacial score (nSPS) is 21.9. The van der Waals surface area contributed by atoms with Gasteiger partial charge in [-0.05, 0) is 31.0 Å². The average molecular weight is 336 g/mol. The summed E-state index contributed by atoms with van der Waals surface area (Å²) in [5, 5.41) is 13.0. The van der Waals surface area contributed by atoms with E-state index in [1.165, 1.54) is 24.3 Å². The number of imide groups is 1. The fraction of sp³-hybridized carbons (Fsp3) is 0.556. The fourth-order valence-corrected chi connectivity index (χ4v) is 2.95. The molecule has 1 saturated heterocycles. The molecule has 0 radical (unpaired) electrons. The van der Waals surface area contributed by atoms with Crippen molar-refractivity contribution in [2.45, 2.75) is 57.6 Å². The number of nitrogens with one attached hydrogen (secondary N) is 1. The predicted octanol–water partition coefficient (Wildman–Crippen LogP) is 3.14. The average Bonchev–Trinajstić information content (AvgIpc) is 2.76. The molecule has 0 saturated carbocycles. The SMILES string of the molecule is CCCCCCC1(C)NC(=O)N(CC(O)c2ccc(F)cc2)C1=O. The third-order valence-electron chi connectivity index (χ3n) is 4.49. The Morgan fingerprint density at radius 2 is 1.88 bits per heavy atom. The number of hydrogen-bond acceptors (Lipinski definition) is 3. The van der Waals surface area contributed by atoms with Crippen molar-refractivity contribution in [3.8, 4) is 0 Å². The smallest absolute Gasteiger partial charge is 0.325 e. The van der Waals surface area contributed by atoms with Gasteiger partial charge in [0.25, 0.3) is 5.91 Å². The Kier molecular flexibility index (Phi) is 5.94. The summed E-state index contributed by atoms with van der Waals surface area (Å²) in [6.07, 6.45) is 3.64. The highest BCUT2D eigenvalue weighted by atomic mass is 19.1. The summed E-state index contributed by atoms with van der Waals surface area (Å²) in [7, 11) is 0. The van der Waals surface area contributed by atoms with Crippen LogP contribution in [0.15, 0.2) is 24.3 Å². The molecule has 1 aromatic rings. The van der Waals surface area contributed by atoms with E-state index >= 15 is 0 Å². The fourth-order valence-electron chi connectivity index (χ4n) is 2.95. The highest BCUT2D eigenvalue weighted by Crippen LogP contribution is 2.26. The zero-order chi connectivity index (χ0) is 17.7. The largest absolute Gasteiger partial charge is 0.387 e. The first-order valence-corrected chi connectivity index (χ1v) is 8.45. The number of urea groups is 1. The van der Waals surface area contributed by atoms with Gasteiger partial charge < -0.3 is 10.4 Å². The van der Waals surface area contributed by atoms with Crippen LogP contribution in [0.4, 0.5) is 9.18 Å². The van der Waals surface area contributed by atoms with Gasteiger partial charge in [0.15, 0.2) is 0 Å². The van der Waals surface area contributed by atoms with Gasteiger partial charge in [-0.15, -0.1) is 0 Å². The van der Waals surface area contributed by atoms with Crippen LogP contribution in [0.3, 0.4) is 0 Å². The highest BCUT2D eigenvalue weighted by Gasteiger charge is 2.47. The lowest BCUT2D eigenvalue weighted by molar-refractivity contribution is -0.132. The van der Waals surface area contributed by atoms with Crippen LogP contribution in [0.5, 0.6) is 0 Å². The van der Waals surface area contributed by atoms with Gasteiger partial charge in [0.2, 0.25) is 0 Å². The molecule has 2 rings (SSSR count). The van der Waals surface area contributed by atoms with Gasteiger partial charge in [0.1, 0.15) is 11.4 Å². The van der Waals surface area contributed by atoms with Gasteiger partial charge >= 0.3 is 6.03 Å². The number of amides is 3. The van der Waals surface area contributed by atoms with Gasteiger partial charge in [0, 0.05) is 0 Å². The molecule has 0 spiro atoms. The number of halogens is 1. The summed E-state index contributed by atoms with van der Waals surface area (Å²) in [4.78, 5) is 25.8. The van der Waals surface area contributed by atoms with Crippen molar-refractivity contribution >= 4 is 11.9 Å². The molecule has 1 aliphatic rings. The second-order valence-electron chi connectivity index (χ2n) is 6.56. The summed E-state index contributed by atoms with van der Waals surface area (Å²) in [5.74, 6) is -0.717. The topological polar surface area (TPSA) is 69.6 Å². The minimum absolute atomic E-state index is 0.138. The van der Waals surface area contributed by atoms with Crippen LogP contribution in [-0.4, -0.2) is 34.0 Å². The molecule has 5 nitrogen and oxygen atoms in total. The Hall–Kier alpha value is -1.95. The number of nitrogens with zero attached hydrogens (tertiary/aromatic N) is 1. The summed E-state index contributed by atoms with van der Waals surface area (Å²) in [5.41, 5.74) is -0.443. The molecule has 1 fully saturated rings. The molecule has 132 valence electrons. The predicted molar refractivity (Wildman–Crippen MR) is 88.8 cm³/mol. The molecule has 6 heteroatoms. The molecule has 3 amide bonds. The number of carbonyl (C=O) groups excluding carboxylic acids is 2. The number of carbonyl (C=O) groups is 2. The van der Waals surface area contributed by atoms with Crippen molar-refractivity contribution in [3.63, 3.8) is 0 Å². The Bertz CT molecular complexity index is 590. The number of benzene rings is 1. The van der Waals surface area contributed by atoms with Gasteiger partial charge in [-0.25, -0.2) is 9.18 Å². The lowest BCUT2D eigenvalue weighted by atomic mass is 9.94. The summed E-state index contributed by atoms with van der Waals surface area (Å²) in [6.45, 7) is 3.70. The van der Waals surface area contributed by atoms with Crippen molar-refractivity contribution in [3.05, 3.63) is 35.6 Å². The van der Waals surface area contributed by atoms with Crippen molar-refractivity contribution in [1.29, 1.82) is 0 Å². The van der Waals surface area contributed by atoms with Crippen LogP contribution in [0.25, 0.3) is 0 Å². The highest BCUT2D eigenvalue weighted by molar-refractivity contribution is 6.06. The van der Waals surface area contributed by atoms with Crippen LogP contribution in [0, 0.1) is 5.82 Å². The van der Waals surface area contributed by atoms with E-state index in [-0.39, 0.29) is 12.5 Å². The Morgan fingerprint density at radius 3 is 2.50 bits per heavy atom. The van der Waals surface area contributed by atoms with E-state index in [0.717, 1.165) is 30.6 Å². The number of aliphatic hydroxyl groups is 1. The molecule has 1 aromatic carbocycles. The molecule has 1 heterocycles. The van der Waals surface area contributed by atoms with Crippen LogP contribution in [-0.2, 0) is 4.79 Å². The lowest BCUT2D eigenvalue weighted by Crippen LogP contribution is -2.44. The first-order chi connectivity index (χ1) is 11.4. The number of β-amino-alcohol motifs (C(OH)–C–C–N with tert-alkyl or cyclic N) is 1. The van der Waals surface area contributed by atoms with E-state index in [4.69, 9.17) is 0 Å². The molecule has 0 bridgehead atoms. The first kappa shape index (κ1) is 18.4. The van der Waals surface area contributed by atoms with Gasteiger partial charge in [-0.2, -0.15) is 0 Å². The van der Waals surface area contributed by atoms with Gasteiger partial charge in [-0.3, -0.25) is 9.69 Å². The van der Waals surface area contributed by atoms with Crippen molar-refractivity contribution in [1.82, 2.24) is 10.2 Å². The minimum Gasteiger partial charge on any atom is -0.387 e. The molecule has 1 aliphatic heterocycles. The van der Waals surface area contributed by atoms with Crippen molar-refractivity contribution < 1.29 is 19.1 Å². The standard InChI is InChI=1S/C18H25FN2O3/c1-3-4-5-6-11-18(2)16(23)21(17(24)20-18)12-15(22)13-7-9-14(19)10-8-13/h7-10,15,22H,3-6,11-12H2,1-2H3,(H,20,24). The monoisotopic (exact) mass is 336 g/mol. The Balaban J connectivity index is 1.99. The molecule has 2 N–H and O–H groups in total. The van der Waals surface area contributed by atoms with Gasteiger partial charge in [0.05, 0.1) is 12.6 Å². The molecule has 2 atom stereocenters. The Labute approximate surface area is 141 Å². The number of aliphatic hydroxyl groups excluding tert-OH is 1. The number of rotatable bonds is 8. The van der Waals surface area contributed by atoms with Crippen molar-refractivity contribution in [2.75, 3.05) is 6.54 Å². The summed E-state index contributed by atoms with van der Waals surface area (Å²) >= 11 is 0. The molecular formula is C18H25FN2O3. The molecular weight excluding hydrogens is 311 g/mol. The first-order valence-electron chi connectivity index (χ1n) is 8.45. The van der Waals surface area contributed by atoms with Crippen LogP contribution in [0.1, 0.15) is 57.6 Å². The van der Waals surface area contributed by atoms with E-state index < -0.39 is 23.5 Å². The maximum absolute atomic E-state index is 12.9. The third-order valence-corrected chi connectivity index (χ3v) is 4.49. The molecule has 2 unspecified atom stereocenters. The summed E-state index contributed by atoms with van der Waals surface area (Å²) in [6, 6.07) is 4.88. The quantitative estimate of drug-likeness (QED) is 0.566.